The highest BCUT2D eigenvalue weighted by atomic mass is 16.5. The van der Waals surface area contributed by atoms with Crippen LogP contribution in [-0.4, -0.2) is 24.4 Å². The summed E-state index contributed by atoms with van der Waals surface area (Å²) in [5, 5.41) is 10.1. The minimum absolute atomic E-state index is 0.0481. The third-order valence-corrected chi connectivity index (χ3v) is 8.99. The van der Waals surface area contributed by atoms with Gasteiger partial charge in [-0.15, -0.1) is 12.3 Å². The molecule has 0 saturated heterocycles. The predicted molar refractivity (Wildman–Crippen MR) is 96.3 cm³/mol. The number of hydrogen-bond acceptors (Lipinski definition) is 2. The molecule has 2 nitrogen and oxygen atoms in total. The van der Waals surface area contributed by atoms with Crippen LogP contribution in [0.4, 0.5) is 0 Å². The molecule has 0 unspecified atom stereocenters. The van der Waals surface area contributed by atoms with Gasteiger partial charge in [-0.05, 0) is 86.9 Å². The van der Waals surface area contributed by atoms with Crippen molar-refractivity contribution in [2.45, 2.75) is 83.3 Å². The van der Waals surface area contributed by atoms with Gasteiger partial charge < -0.3 is 9.84 Å². The van der Waals surface area contributed by atoms with E-state index in [9.17, 15) is 5.11 Å². The zero-order chi connectivity index (χ0) is 16.9. The van der Waals surface area contributed by atoms with Crippen molar-refractivity contribution < 1.29 is 9.84 Å². The Morgan fingerprint density at radius 3 is 2.67 bits per heavy atom. The Morgan fingerprint density at radius 1 is 1.08 bits per heavy atom. The highest BCUT2D eigenvalue weighted by molar-refractivity contribution is 5.13. The topological polar surface area (TPSA) is 29.5 Å². The van der Waals surface area contributed by atoms with Crippen LogP contribution in [-0.2, 0) is 4.74 Å². The molecule has 0 spiro atoms. The monoisotopic (exact) mass is 330 g/mol. The Kier molecular flexibility index (Phi) is 4.25. The van der Waals surface area contributed by atoms with Crippen LogP contribution in [0, 0.1) is 46.8 Å². The molecule has 0 amide bonds. The van der Waals surface area contributed by atoms with Crippen LogP contribution in [0.1, 0.15) is 71.1 Å². The Labute approximate surface area is 147 Å². The van der Waals surface area contributed by atoms with Gasteiger partial charge in [0.15, 0.2) is 0 Å². The minimum atomic E-state index is -0.0481. The zero-order valence-electron chi connectivity index (χ0n) is 15.5. The Hall–Kier alpha value is -0.520. The summed E-state index contributed by atoms with van der Waals surface area (Å²) in [6.07, 6.45) is 18.1. The second kappa shape index (κ2) is 6.03. The van der Waals surface area contributed by atoms with E-state index in [-0.39, 0.29) is 11.5 Å². The summed E-state index contributed by atoms with van der Waals surface area (Å²) in [6, 6.07) is 0. The Morgan fingerprint density at radius 2 is 1.92 bits per heavy atom. The van der Waals surface area contributed by atoms with Crippen LogP contribution in [0.15, 0.2) is 0 Å². The van der Waals surface area contributed by atoms with Crippen molar-refractivity contribution in [3.8, 4) is 12.3 Å². The largest absolute Gasteiger partial charge is 0.393 e. The van der Waals surface area contributed by atoms with Gasteiger partial charge in [-0.2, -0.15) is 0 Å². The average molecular weight is 331 g/mol. The summed E-state index contributed by atoms with van der Waals surface area (Å²) in [4.78, 5) is 0. The molecule has 1 N–H and O–H groups in total. The van der Waals surface area contributed by atoms with E-state index >= 15 is 0 Å². The Balaban J connectivity index is 1.63. The molecule has 0 aliphatic heterocycles. The van der Waals surface area contributed by atoms with E-state index in [0.717, 1.165) is 42.9 Å². The molecule has 4 aliphatic carbocycles. The van der Waals surface area contributed by atoms with Gasteiger partial charge in [0.1, 0.15) is 0 Å². The van der Waals surface area contributed by atoms with Crippen molar-refractivity contribution in [3.05, 3.63) is 0 Å². The third kappa shape index (κ3) is 2.24. The molecule has 0 radical (unpaired) electrons. The molecule has 4 fully saturated rings. The van der Waals surface area contributed by atoms with Crippen LogP contribution in [0.3, 0.4) is 0 Å². The maximum Gasteiger partial charge on any atom is 0.0639 e. The number of methoxy groups -OCH3 is 1. The molecule has 0 aromatic heterocycles. The van der Waals surface area contributed by atoms with Crippen LogP contribution >= 0.6 is 0 Å². The lowest BCUT2D eigenvalue weighted by molar-refractivity contribution is -0.141. The first-order valence-corrected chi connectivity index (χ1v) is 10.2. The molecule has 2 heteroatoms. The lowest BCUT2D eigenvalue weighted by atomic mass is 9.44. The standard InChI is InChI=1S/C22H34O2/c1-4-11-22-13-10-18-17(19(22)7-8-20(22)24-3)6-5-15-14-16(23)9-12-21(15,18)2/h1,15-20,23H,5-14H2,2-3H3/t15-,16+,17+,18-,19-,20-,21-,22-/m0/s1. The summed E-state index contributed by atoms with van der Waals surface area (Å²) in [5.41, 5.74) is 0.706. The highest BCUT2D eigenvalue weighted by Gasteiger charge is 2.61. The van der Waals surface area contributed by atoms with E-state index in [0.29, 0.717) is 11.5 Å². The SMILES string of the molecule is C#CC[C@]12CC[C@H]3[C@@H](CC[C@H]4C[C@H](O)CC[C@@]43C)[C@@H]1CC[C@@H]2OC. The van der Waals surface area contributed by atoms with E-state index in [1.54, 1.807) is 0 Å². The molecule has 4 saturated carbocycles. The quantitative estimate of drug-likeness (QED) is 0.760. The molecule has 4 aliphatic rings. The van der Waals surface area contributed by atoms with E-state index in [1.165, 1.54) is 44.9 Å². The van der Waals surface area contributed by atoms with Crippen molar-refractivity contribution in [1.82, 2.24) is 0 Å². The number of fused-ring (bicyclic) bond motifs is 5. The van der Waals surface area contributed by atoms with E-state index in [1.807, 2.05) is 7.11 Å². The van der Waals surface area contributed by atoms with Crippen molar-refractivity contribution in [1.29, 1.82) is 0 Å². The molecule has 0 aromatic rings. The molecule has 24 heavy (non-hydrogen) atoms. The van der Waals surface area contributed by atoms with Crippen molar-refractivity contribution in [2.24, 2.45) is 34.5 Å². The lowest BCUT2D eigenvalue weighted by Gasteiger charge is -2.61. The second-order valence-corrected chi connectivity index (χ2v) is 9.54. The fourth-order valence-corrected chi connectivity index (χ4v) is 7.87. The molecule has 0 aromatic carbocycles. The summed E-state index contributed by atoms with van der Waals surface area (Å²) < 4.78 is 5.93. The van der Waals surface area contributed by atoms with Gasteiger partial charge in [0.05, 0.1) is 12.2 Å². The summed E-state index contributed by atoms with van der Waals surface area (Å²) >= 11 is 0. The Bertz CT molecular complexity index is 523. The van der Waals surface area contributed by atoms with Crippen molar-refractivity contribution >= 4 is 0 Å². The van der Waals surface area contributed by atoms with E-state index in [4.69, 9.17) is 11.2 Å². The van der Waals surface area contributed by atoms with Crippen molar-refractivity contribution in [3.63, 3.8) is 0 Å². The fourth-order valence-electron chi connectivity index (χ4n) is 7.87. The molecule has 0 bridgehead atoms. The predicted octanol–water partition coefficient (Wildman–Crippen LogP) is 4.41. The van der Waals surface area contributed by atoms with Crippen LogP contribution < -0.4 is 0 Å². The zero-order valence-corrected chi connectivity index (χ0v) is 15.5. The second-order valence-electron chi connectivity index (χ2n) is 9.54. The molecule has 0 heterocycles. The van der Waals surface area contributed by atoms with E-state index in [2.05, 4.69) is 12.8 Å². The fraction of sp³-hybridized carbons (Fsp3) is 0.909. The van der Waals surface area contributed by atoms with Crippen LogP contribution in [0.25, 0.3) is 0 Å². The molecule has 4 rings (SSSR count). The number of terminal acetylenes is 1. The highest BCUT2D eigenvalue weighted by Crippen LogP contribution is 2.67. The van der Waals surface area contributed by atoms with Gasteiger partial charge >= 0.3 is 0 Å². The first-order chi connectivity index (χ1) is 11.5. The number of rotatable bonds is 2. The maximum atomic E-state index is 10.1. The van der Waals surface area contributed by atoms with Gasteiger partial charge in [-0.25, -0.2) is 0 Å². The third-order valence-electron chi connectivity index (χ3n) is 8.99. The summed E-state index contributed by atoms with van der Waals surface area (Å²) in [7, 11) is 1.89. The number of hydrogen-bond donors (Lipinski definition) is 1. The number of aliphatic hydroxyl groups excluding tert-OH is 1. The molecular weight excluding hydrogens is 296 g/mol. The number of ether oxygens (including phenoxy) is 1. The molecule has 8 atom stereocenters. The lowest BCUT2D eigenvalue weighted by Crippen LogP contribution is -2.55. The number of aliphatic hydroxyl groups is 1. The molecule has 134 valence electrons. The normalized spacial score (nSPS) is 53.6. The van der Waals surface area contributed by atoms with Crippen LogP contribution in [0.5, 0.6) is 0 Å². The van der Waals surface area contributed by atoms with Crippen LogP contribution in [0.2, 0.25) is 0 Å². The summed E-state index contributed by atoms with van der Waals surface area (Å²) in [6.45, 7) is 2.55. The first-order valence-electron chi connectivity index (χ1n) is 10.2. The van der Waals surface area contributed by atoms with Gasteiger partial charge in [0.25, 0.3) is 0 Å². The maximum absolute atomic E-state index is 10.1. The van der Waals surface area contributed by atoms with Gasteiger partial charge in [0, 0.05) is 18.9 Å². The smallest absolute Gasteiger partial charge is 0.0639 e. The minimum Gasteiger partial charge on any atom is -0.393 e. The van der Waals surface area contributed by atoms with Crippen molar-refractivity contribution in [2.75, 3.05) is 7.11 Å². The summed E-state index contributed by atoms with van der Waals surface area (Å²) in [5.74, 6) is 6.20. The molecular formula is C22H34O2. The van der Waals surface area contributed by atoms with Gasteiger partial charge in [0.2, 0.25) is 0 Å². The average Bonchev–Trinajstić information content (AvgIpc) is 2.94. The van der Waals surface area contributed by atoms with Gasteiger partial charge in [-0.1, -0.05) is 6.92 Å². The van der Waals surface area contributed by atoms with E-state index < -0.39 is 0 Å². The van der Waals surface area contributed by atoms with Gasteiger partial charge in [-0.3, -0.25) is 0 Å². The first kappa shape index (κ1) is 16.9.